The summed E-state index contributed by atoms with van der Waals surface area (Å²) in [7, 11) is 0. The molecular weight excluding hydrogens is 426 g/mol. The van der Waals surface area contributed by atoms with Gasteiger partial charge < -0.3 is 14.8 Å². The van der Waals surface area contributed by atoms with Crippen molar-refractivity contribution < 1.29 is 19.1 Å². The van der Waals surface area contributed by atoms with Crippen molar-refractivity contribution in [2.75, 3.05) is 11.9 Å². The fourth-order valence-electron chi connectivity index (χ4n) is 2.71. The van der Waals surface area contributed by atoms with Gasteiger partial charge in [0.2, 0.25) is 0 Å². The second-order valence-corrected chi connectivity index (χ2v) is 7.70. The van der Waals surface area contributed by atoms with Crippen LogP contribution in [0.5, 0.6) is 5.75 Å². The quantitative estimate of drug-likeness (QED) is 0.304. The molecule has 1 heterocycles. The topological polar surface area (TPSA) is 101 Å². The zero-order chi connectivity index (χ0) is 22.9. The minimum atomic E-state index is -0.546. The zero-order valence-electron chi connectivity index (χ0n) is 17.6. The van der Waals surface area contributed by atoms with E-state index in [1.165, 1.54) is 6.08 Å². The summed E-state index contributed by atoms with van der Waals surface area (Å²) < 4.78 is 10.6. The molecule has 3 rings (SSSR count). The van der Waals surface area contributed by atoms with E-state index in [-0.39, 0.29) is 12.2 Å². The lowest BCUT2D eigenvalue weighted by Gasteiger charge is -2.07. The summed E-state index contributed by atoms with van der Waals surface area (Å²) in [6.45, 7) is 4.33. The first-order chi connectivity index (χ1) is 15.5. The molecule has 8 heteroatoms. The number of rotatable bonds is 8. The van der Waals surface area contributed by atoms with Gasteiger partial charge in [-0.1, -0.05) is 12.1 Å². The second-order valence-electron chi connectivity index (χ2n) is 6.64. The predicted octanol–water partition coefficient (Wildman–Crippen LogP) is 4.75. The summed E-state index contributed by atoms with van der Waals surface area (Å²) in [6.07, 6.45) is 1.50. The molecule has 0 unspecified atom stereocenters. The number of nitrogens with zero attached hydrogens (tertiary/aromatic N) is 2. The van der Waals surface area contributed by atoms with Crippen molar-refractivity contribution in [2.24, 2.45) is 0 Å². The van der Waals surface area contributed by atoms with Crippen LogP contribution in [0.1, 0.15) is 33.5 Å². The van der Waals surface area contributed by atoms with Crippen LogP contribution in [0.4, 0.5) is 5.69 Å². The Hall–Kier alpha value is -3.96. The maximum atomic E-state index is 12.5. The molecule has 1 N–H and O–H groups in total. The number of thiazole rings is 1. The first-order valence-electron chi connectivity index (χ1n) is 9.82. The molecule has 0 aliphatic heterocycles. The maximum absolute atomic E-state index is 12.5. The number of carbonyl (C=O) groups is 2. The van der Waals surface area contributed by atoms with Crippen LogP contribution >= 0.6 is 11.3 Å². The highest BCUT2D eigenvalue weighted by atomic mass is 32.1. The lowest BCUT2D eigenvalue weighted by Crippen LogP contribution is -2.13. The zero-order valence-corrected chi connectivity index (χ0v) is 18.4. The lowest BCUT2D eigenvalue weighted by molar-refractivity contribution is -0.112. The van der Waals surface area contributed by atoms with Gasteiger partial charge in [0.1, 0.15) is 24.0 Å². The van der Waals surface area contributed by atoms with Gasteiger partial charge in [0, 0.05) is 11.1 Å². The van der Waals surface area contributed by atoms with E-state index in [4.69, 9.17) is 9.47 Å². The molecule has 0 saturated carbocycles. The third-order valence-electron chi connectivity index (χ3n) is 4.26. The van der Waals surface area contributed by atoms with Crippen LogP contribution in [0, 0.1) is 18.3 Å². The van der Waals surface area contributed by atoms with Crippen molar-refractivity contribution >= 4 is 35.0 Å². The van der Waals surface area contributed by atoms with Crippen LogP contribution in [0.3, 0.4) is 0 Å². The van der Waals surface area contributed by atoms with Gasteiger partial charge in [0.25, 0.3) is 5.91 Å². The molecule has 0 aliphatic rings. The van der Waals surface area contributed by atoms with Gasteiger partial charge in [-0.05, 0) is 61.9 Å². The van der Waals surface area contributed by atoms with E-state index in [9.17, 15) is 14.9 Å². The fourth-order valence-corrected chi connectivity index (χ4v) is 3.31. The van der Waals surface area contributed by atoms with E-state index in [0.29, 0.717) is 29.2 Å². The molecule has 32 heavy (non-hydrogen) atoms. The van der Waals surface area contributed by atoms with Gasteiger partial charge in [-0.3, -0.25) is 4.79 Å². The van der Waals surface area contributed by atoms with Gasteiger partial charge in [-0.15, -0.1) is 11.3 Å². The number of anilines is 1. The van der Waals surface area contributed by atoms with E-state index < -0.39 is 11.9 Å². The molecule has 162 valence electrons. The Kier molecular flexibility index (Phi) is 7.73. The average molecular weight is 448 g/mol. The van der Waals surface area contributed by atoms with Crippen LogP contribution in [0.15, 0.2) is 59.5 Å². The van der Waals surface area contributed by atoms with Crippen LogP contribution in [0.25, 0.3) is 6.08 Å². The first-order valence-corrected chi connectivity index (χ1v) is 10.7. The molecule has 0 fully saturated rings. The SMILES string of the molecule is CCOC(=O)c1ccc(NC(=O)/C(C#N)=C/c2ccc(OCc3csc(C)n3)cc2)cc1. The minimum absolute atomic E-state index is 0.0499. The van der Waals surface area contributed by atoms with Crippen LogP contribution in [-0.4, -0.2) is 23.5 Å². The fraction of sp³-hybridized carbons (Fsp3) is 0.167. The van der Waals surface area contributed by atoms with Crippen molar-refractivity contribution in [1.29, 1.82) is 5.26 Å². The van der Waals surface area contributed by atoms with E-state index in [0.717, 1.165) is 10.7 Å². The summed E-state index contributed by atoms with van der Waals surface area (Å²) in [5.74, 6) is -0.315. The van der Waals surface area contributed by atoms with Crippen molar-refractivity contribution in [3.63, 3.8) is 0 Å². The van der Waals surface area contributed by atoms with Crippen LogP contribution < -0.4 is 10.1 Å². The molecule has 0 radical (unpaired) electrons. The lowest BCUT2D eigenvalue weighted by atomic mass is 10.1. The number of hydrogen-bond donors (Lipinski definition) is 1. The summed E-state index contributed by atoms with van der Waals surface area (Å²) >= 11 is 1.57. The number of nitrogens with one attached hydrogen (secondary N) is 1. The van der Waals surface area contributed by atoms with Crippen molar-refractivity contribution in [3.05, 3.63) is 81.3 Å². The second kappa shape index (κ2) is 10.9. The molecule has 2 aromatic carbocycles. The Bertz CT molecular complexity index is 1160. The number of esters is 1. The number of benzene rings is 2. The standard InChI is InChI=1S/C24H21N3O4S/c1-3-30-24(29)18-6-8-20(9-7-18)27-23(28)19(13-25)12-17-4-10-22(11-5-17)31-14-21-15-32-16(2)26-21/h4-12,15H,3,14H2,1-2H3,(H,27,28)/b19-12+. The van der Waals surface area contributed by atoms with E-state index >= 15 is 0 Å². The molecule has 7 nitrogen and oxygen atoms in total. The Morgan fingerprint density at radius 1 is 1.16 bits per heavy atom. The van der Waals surface area contributed by atoms with E-state index in [1.54, 1.807) is 66.8 Å². The number of hydrogen-bond acceptors (Lipinski definition) is 7. The summed E-state index contributed by atoms with van der Waals surface area (Å²) in [5, 5.41) is 15.0. The Morgan fingerprint density at radius 3 is 2.47 bits per heavy atom. The van der Waals surface area contributed by atoms with Crippen molar-refractivity contribution in [1.82, 2.24) is 4.98 Å². The molecular formula is C24H21N3O4S. The highest BCUT2D eigenvalue weighted by molar-refractivity contribution is 7.09. The normalized spacial score (nSPS) is 10.8. The number of carbonyl (C=O) groups excluding carboxylic acids is 2. The largest absolute Gasteiger partial charge is 0.487 e. The molecule has 0 saturated heterocycles. The Labute approximate surface area is 189 Å². The third-order valence-corrected chi connectivity index (χ3v) is 5.09. The molecule has 0 spiro atoms. The monoisotopic (exact) mass is 447 g/mol. The Balaban J connectivity index is 1.61. The molecule has 3 aromatic rings. The van der Waals surface area contributed by atoms with Gasteiger partial charge in [-0.25, -0.2) is 9.78 Å². The van der Waals surface area contributed by atoms with Crippen LogP contribution in [-0.2, 0) is 16.1 Å². The molecule has 0 atom stereocenters. The van der Waals surface area contributed by atoms with Gasteiger partial charge in [0.05, 0.1) is 22.9 Å². The van der Waals surface area contributed by atoms with Crippen LogP contribution in [0.2, 0.25) is 0 Å². The first kappa shape index (κ1) is 22.7. The highest BCUT2D eigenvalue weighted by Gasteiger charge is 2.11. The third kappa shape index (κ3) is 6.27. The minimum Gasteiger partial charge on any atom is -0.487 e. The smallest absolute Gasteiger partial charge is 0.338 e. The number of aryl methyl sites for hydroxylation is 1. The van der Waals surface area contributed by atoms with Crippen molar-refractivity contribution in [3.8, 4) is 11.8 Å². The van der Waals surface area contributed by atoms with E-state index in [1.807, 2.05) is 18.4 Å². The number of aromatic nitrogens is 1. The van der Waals surface area contributed by atoms with E-state index in [2.05, 4.69) is 10.3 Å². The molecule has 1 amide bonds. The average Bonchev–Trinajstić information content (AvgIpc) is 3.22. The maximum Gasteiger partial charge on any atom is 0.338 e. The van der Waals surface area contributed by atoms with Gasteiger partial charge in [0.15, 0.2) is 0 Å². The Morgan fingerprint density at radius 2 is 1.88 bits per heavy atom. The number of amides is 1. The summed E-state index contributed by atoms with van der Waals surface area (Å²) in [4.78, 5) is 28.5. The summed E-state index contributed by atoms with van der Waals surface area (Å²) in [6, 6.07) is 15.2. The van der Waals surface area contributed by atoms with Gasteiger partial charge >= 0.3 is 5.97 Å². The van der Waals surface area contributed by atoms with Crippen molar-refractivity contribution in [2.45, 2.75) is 20.5 Å². The predicted molar refractivity (Wildman–Crippen MR) is 122 cm³/mol. The molecule has 1 aromatic heterocycles. The summed E-state index contributed by atoms with van der Waals surface area (Å²) in [5.41, 5.74) is 2.35. The number of ether oxygens (including phenoxy) is 2. The molecule has 0 aliphatic carbocycles. The highest BCUT2D eigenvalue weighted by Crippen LogP contribution is 2.18. The number of nitriles is 1. The van der Waals surface area contributed by atoms with Gasteiger partial charge in [-0.2, -0.15) is 5.26 Å². The molecule has 0 bridgehead atoms.